The molecule has 7 nitrogen and oxygen atoms in total. The number of anilines is 1. The van der Waals surface area contributed by atoms with Gasteiger partial charge in [0.15, 0.2) is 5.79 Å². The Morgan fingerprint density at radius 3 is 2.65 bits per heavy atom. The average Bonchev–Trinajstić information content (AvgIpc) is 2.88. The minimum atomic E-state index is -0.517. The molecule has 0 N–H and O–H groups in total. The molecular weight excluding hydrogens is 364 g/mol. The Morgan fingerprint density at radius 2 is 2.04 bits per heavy atom. The fourth-order valence-electron chi connectivity index (χ4n) is 2.58. The number of ether oxygens (including phenoxy) is 2. The quantitative estimate of drug-likeness (QED) is 0.742. The third-order valence-electron chi connectivity index (χ3n) is 3.75. The number of rotatable bonds is 4. The molecule has 0 spiro atoms. The van der Waals surface area contributed by atoms with Crippen LogP contribution in [-0.4, -0.2) is 53.9 Å². The van der Waals surface area contributed by atoms with Crippen molar-refractivity contribution in [1.29, 1.82) is 0 Å². The van der Waals surface area contributed by atoms with E-state index in [0.29, 0.717) is 13.2 Å². The molecule has 1 aromatic rings. The fourth-order valence-corrected chi connectivity index (χ4v) is 2.79. The van der Waals surface area contributed by atoms with Gasteiger partial charge < -0.3 is 19.2 Å². The van der Waals surface area contributed by atoms with Gasteiger partial charge in [-0.3, -0.25) is 0 Å². The van der Waals surface area contributed by atoms with Crippen molar-refractivity contribution in [2.45, 2.75) is 38.6 Å². The van der Waals surface area contributed by atoms with E-state index in [9.17, 15) is 0 Å². The van der Waals surface area contributed by atoms with Crippen LogP contribution in [0.25, 0.3) is 0 Å². The Labute approximate surface area is 144 Å². The van der Waals surface area contributed by atoms with Crippen molar-refractivity contribution in [3.05, 3.63) is 16.9 Å². The predicted octanol–water partition coefficient (Wildman–Crippen LogP) is 2.36. The smallest absolute Gasteiger partial charge is 0.225 e. The molecule has 2 fully saturated rings. The van der Waals surface area contributed by atoms with Gasteiger partial charge in [-0.25, -0.2) is 9.97 Å². The van der Waals surface area contributed by atoms with Crippen molar-refractivity contribution in [1.82, 2.24) is 9.97 Å². The maximum atomic E-state index is 5.68. The van der Waals surface area contributed by atoms with Gasteiger partial charge in [0.25, 0.3) is 0 Å². The second-order valence-corrected chi connectivity index (χ2v) is 7.01. The van der Waals surface area contributed by atoms with E-state index in [-0.39, 0.29) is 6.10 Å². The molecule has 2 aliphatic rings. The number of nitrogens with zero attached hydrogens (tertiary/aromatic N) is 4. The third-order valence-corrected chi connectivity index (χ3v) is 4.16. The average molecular weight is 385 g/mol. The Bertz CT molecular complexity index is 554. The highest BCUT2D eigenvalue weighted by atomic mass is 79.9. The van der Waals surface area contributed by atoms with Crippen LogP contribution in [-0.2, 0) is 14.3 Å². The van der Waals surface area contributed by atoms with E-state index in [2.05, 4.69) is 36.0 Å². The summed E-state index contributed by atoms with van der Waals surface area (Å²) >= 11 is 3.34. The van der Waals surface area contributed by atoms with Gasteiger partial charge in [0.1, 0.15) is 12.7 Å². The van der Waals surface area contributed by atoms with Gasteiger partial charge in [-0.2, -0.15) is 0 Å². The molecule has 0 radical (unpaired) electrons. The van der Waals surface area contributed by atoms with E-state index in [4.69, 9.17) is 14.3 Å². The Balaban J connectivity index is 1.43. The highest BCUT2D eigenvalue weighted by molar-refractivity contribution is 9.10. The highest BCUT2D eigenvalue weighted by Crippen LogP contribution is 2.22. The fraction of sp³-hybridized carbons (Fsp3) is 0.667. The van der Waals surface area contributed by atoms with Crippen LogP contribution in [0.5, 0.6) is 0 Å². The first-order valence-electron chi connectivity index (χ1n) is 7.74. The zero-order valence-electron chi connectivity index (χ0n) is 13.4. The summed E-state index contributed by atoms with van der Waals surface area (Å²) in [6.45, 7) is 6.47. The first-order chi connectivity index (χ1) is 11.0. The Hall–Kier alpha value is -1.25. The Morgan fingerprint density at radius 1 is 1.35 bits per heavy atom. The normalized spacial score (nSPS) is 23.9. The van der Waals surface area contributed by atoms with Crippen LogP contribution >= 0.6 is 15.9 Å². The first kappa shape index (κ1) is 16.6. The molecule has 126 valence electrons. The molecule has 3 heterocycles. The molecule has 1 aromatic heterocycles. The molecule has 3 rings (SSSR count). The number of piperidine rings is 1. The van der Waals surface area contributed by atoms with Gasteiger partial charge in [0, 0.05) is 38.3 Å². The zero-order valence-corrected chi connectivity index (χ0v) is 15.0. The number of hydrogen-bond donors (Lipinski definition) is 0. The maximum Gasteiger partial charge on any atom is 0.225 e. The number of aromatic nitrogens is 2. The maximum absolute atomic E-state index is 5.68. The van der Waals surface area contributed by atoms with Crippen LogP contribution in [0.3, 0.4) is 0 Å². The minimum Gasteiger partial charge on any atom is -0.393 e. The molecular formula is C15H21BrN4O3. The number of halogens is 1. The summed E-state index contributed by atoms with van der Waals surface area (Å²) in [7, 11) is 0. The lowest BCUT2D eigenvalue weighted by atomic mass is 10.1. The molecule has 1 atom stereocenters. The van der Waals surface area contributed by atoms with E-state index in [0.717, 1.165) is 42.1 Å². The van der Waals surface area contributed by atoms with Crippen molar-refractivity contribution in [3.63, 3.8) is 0 Å². The SMILES string of the molecule is CC1(C)OCC(CON=C2CCN(c3ncc(Br)cn3)CC2)O1. The van der Waals surface area contributed by atoms with Crippen molar-refractivity contribution >= 4 is 27.6 Å². The molecule has 0 saturated carbocycles. The van der Waals surface area contributed by atoms with E-state index in [1.54, 1.807) is 12.4 Å². The van der Waals surface area contributed by atoms with Crippen molar-refractivity contribution < 1.29 is 14.3 Å². The summed E-state index contributed by atoms with van der Waals surface area (Å²) in [5.74, 6) is 0.240. The standard InChI is InChI=1S/C15H21BrN4O3/c1-15(2)21-9-13(23-15)10-22-19-12-3-5-20(6-4-12)14-17-7-11(16)8-18-14/h7-8,13H,3-6,9-10H2,1-2H3. The van der Waals surface area contributed by atoms with E-state index in [1.807, 2.05) is 13.8 Å². The number of hydrogen-bond acceptors (Lipinski definition) is 7. The minimum absolute atomic E-state index is 0.0504. The monoisotopic (exact) mass is 384 g/mol. The van der Waals surface area contributed by atoms with Gasteiger partial charge in [0.05, 0.1) is 16.8 Å². The van der Waals surface area contributed by atoms with Crippen LogP contribution < -0.4 is 4.90 Å². The summed E-state index contributed by atoms with van der Waals surface area (Å²) < 4.78 is 12.1. The summed E-state index contributed by atoms with van der Waals surface area (Å²) in [4.78, 5) is 16.2. The zero-order chi connectivity index (χ0) is 16.3. The summed E-state index contributed by atoms with van der Waals surface area (Å²) in [5.41, 5.74) is 1.07. The van der Waals surface area contributed by atoms with E-state index in [1.165, 1.54) is 0 Å². The molecule has 2 aliphatic heterocycles. The van der Waals surface area contributed by atoms with Crippen LogP contribution in [0, 0.1) is 0 Å². The highest BCUT2D eigenvalue weighted by Gasteiger charge is 2.33. The summed E-state index contributed by atoms with van der Waals surface area (Å²) in [6, 6.07) is 0. The van der Waals surface area contributed by atoms with Gasteiger partial charge >= 0.3 is 0 Å². The summed E-state index contributed by atoms with van der Waals surface area (Å²) in [5, 5.41) is 4.24. The van der Waals surface area contributed by atoms with Gasteiger partial charge in [-0.15, -0.1) is 0 Å². The van der Waals surface area contributed by atoms with Gasteiger partial charge in [-0.1, -0.05) is 5.16 Å². The molecule has 2 saturated heterocycles. The molecule has 23 heavy (non-hydrogen) atoms. The number of oxime groups is 1. The predicted molar refractivity (Wildman–Crippen MR) is 89.5 cm³/mol. The van der Waals surface area contributed by atoms with E-state index < -0.39 is 5.79 Å². The van der Waals surface area contributed by atoms with Crippen LogP contribution in [0.2, 0.25) is 0 Å². The lowest BCUT2D eigenvalue weighted by Crippen LogP contribution is -2.35. The first-order valence-corrected chi connectivity index (χ1v) is 8.53. The van der Waals surface area contributed by atoms with Gasteiger partial charge in [-0.05, 0) is 29.8 Å². The third kappa shape index (κ3) is 4.62. The van der Waals surface area contributed by atoms with Crippen LogP contribution in [0.15, 0.2) is 22.0 Å². The van der Waals surface area contributed by atoms with Crippen molar-refractivity contribution in [3.8, 4) is 0 Å². The topological polar surface area (TPSA) is 69.1 Å². The molecule has 8 heteroatoms. The van der Waals surface area contributed by atoms with Crippen molar-refractivity contribution in [2.24, 2.45) is 5.16 Å². The molecule has 0 aromatic carbocycles. The Kier molecular flexibility index (Phi) is 5.13. The second-order valence-electron chi connectivity index (χ2n) is 6.09. The molecule has 0 bridgehead atoms. The molecule has 0 aliphatic carbocycles. The lowest BCUT2D eigenvalue weighted by molar-refractivity contribution is -0.145. The summed E-state index contributed by atoms with van der Waals surface area (Å²) in [6.07, 6.45) is 5.19. The molecule has 1 unspecified atom stereocenters. The largest absolute Gasteiger partial charge is 0.393 e. The van der Waals surface area contributed by atoms with Gasteiger partial charge in [0.2, 0.25) is 5.95 Å². The van der Waals surface area contributed by atoms with E-state index >= 15 is 0 Å². The van der Waals surface area contributed by atoms with Crippen LogP contribution in [0.1, 0.15) is 26.7 Å². The lowest BCUT2D eigenvalue weighted by Gasteiger charge is -2.27. The second kappa shape index (κ2) is 7.11. The molecule has 0 amide bonds. The van der Waals surface area contributed by atoms with Crippen LogP contribution in [0.4, 0.5) is 5.95 Å². The van der Waals surface area contributed by atoms with Crippen molar-refractivity contribution in [2.75, 3.05) is 31.2 Å².